The van der Waals surface area contributed by atoms with Crippen LogP contribution in [0.15, 0.2) is 24.4 Å². The van der Waals surface area contributed by atoms with Gasteiger partial charge in [0.05, 0.1) is 6.10 Å². The lowest BCUT2D eigenvalue weighted by Crippen LogP contribution is -2.72. The zero-order valence-electron chi connectivity index (χ0n) is 14.5. The fourth-order valence-corrected chi connectivity index (χ4v) is 5.45. The molecule has 2 N–H and O–H groups in total. The van der Waals surface area contributed by atoms with E-state index < -0.39 is 0 Å². The molecule has 4 fully saturated rings. The standard InChI is InChI=1S/C19H26N4O2/c24-18(21-13-5-10-23(12-13)15-4-1-2-9-20-15)22-16-14-6-11-25-17(14)19(16)7-3-8-19/h1-2,4,9,13-14,16-17H,3,5-8,10-12H2,(H2,21,22,24). The molecule has 5 rings (SSSR count). The number of carbonyl (C=O) groups is 1. The highest BCUT2D eigenvalue weighted by Gasteiger charge is 2.67. The Labute approximate surface area is 148 Å². The molecule has 2 aliphatic carbocycles. The van der Waals surface area contributed by atoms with Crippen molar-refractivity contribution in [2.75, 3.05) is 24.6 Å². The molecule has 2 amide bonds. The van der Waals surface area contributed by atoms with Crippen LogP contribution in [0, 0.1) is 11.3 Å². The lowest BCUT2D eigenvalue weighted by molar-refractivity contribution is -0.172. The summed E-state index contributed by atoms with van der Waals surface area (Å²) < 4.78 is 5.93. The van der Waals surface area contributed by atoms with Crippen LogP contribution in [0.25, 0.3) is 0 Å². The van der Waals surface area contributed by atoms with Crippen LogP contribution in [0.1, 0.15) is 32.1 Å². The number of aromatic nitrogens is 1. The fourth-order valence-electron chi connectivity index (χ4n) is 5.45. The van der Waals surface area contributed by atoms with Gasteiger partial charge >= 0.3 is 6.03 Å². The van der Waals surface area contributed by atoms with E-state index in [1.165, 1.54) is 19.3 Å². The Kier molecular flexibility index (Phi) is 3.62. The predicted molar refractivity (Wildman–Crippen MR) is 94.4 cm³/mol. The van der Waals surface area contributed by atoms with Gasteiger partial charge in [-0.1, -0.05) is 12.5 Å². The monoisotopic (exact) mass is 342 g/mol. The minimum atomic E-state index is -0.00510. The van der Waals surface area contributed by atoms with Gasteiger partial charge in [0.25, 0.3) is 0 Å². The van der Waals surface area contributed by atoms with Crippen LogP contribution in [0.3, 0.4) is 0 Å². The van der Waals surface area contributed by atoms with Gasteiger partial charge in [-0.3, -0.25) is 0 Å². The van der Waals surface area contributed by atoms with Crippen molar-refractivity contribution in [1.29, 1.82) is 0 Å². The molecule has 0 aromatic carbocycles. The second-order valence-electron chi connectivity index (χ2n) is 8.05. The maximum atomic E-state index is 12.6. The van der Waals surface area contributed by atoms with E-state index in [4.69, 9.17) is 4.74 Å². The molecule has 6 heteroatoms. The van der Waals surface area contributed by atoms with E-state index in [2.05, 4.69) is 20.5 Å². The number of anilines is 1. The van der Waals surface area contributed by atoms with Crippen molar-refractivity contribution < 1.29 is 9.53 Å². The highest BCUT2D eigenvalue weighted by molar-refractivity contribution is 5.75. The lowest BCUT2D eigenvalue weighted by Gasteiger charge is -2.63. The predicted octanol–water partition coefficient (Wildman–Crippen LogP) is 1.92. The van der Waals surface area contributed by atoms with Crippen LogP contribution in [0.2, 0.25) is 0 Å². The number of hydrogen-bond donors (Lipinski definition) is 2. The van der Waals surface area contributed by atoms with Gasteiger partial charge in [0.2, 0.25) is 0 Å². The average Bonchev–Trinajstić information content (AvgIpc) is 3.20. The van der Waals surface area contributed by atoms with Crippen LogP contribution < -0.4 is 15.5 Å². The van der Waals surface area contributed by atoms with E-state index in [-0.39, 0.29) is 17.5 Å². The number of carbonyl (C=O) groups excluding carboxylic acids is 1. The Balaban J connectivity index is 1.17. The summed E-state index contributed by atoms with van der Waals surface area (Å²) in [4.78, 5) is 19.2. The van der Waals surface area contributed by atoms with Crippen LogP contribution in [-0.2, 0) is 4.74 Å². The van der Waals surface area contributed by atoms with E-state index in [9.17, 15) is 4.79 Å². The molecule has 6 nitrogen and oxygen atoms in total. The number of nitrogens with zero attached hydrogens (tertiary/aromatic N) is 2. The van der Waals surface area contributed by atoms with Gasteiger partial charge in [-0.05, 0) is 37.8 Å². The molecular weight excluding hydrogens is 316 g/mol. The molecule has 25 heavy (non-hydrogen) atoms. The van der Waals surface area contributed by atoms with Gasteiger partial charge in [0.15, 0.2) is 0 Å². The summed E-state index contributed by atoms with van der Waals surface area (Å²) >= 11 is 0. The molecule has 4 unspecified atom stereocenters. The zero-order chi connectivity index (χ0) is 16.9. The molecule has 1 aromatic heterocycles. The first-order valence-electron chi connectivity index (χ1n) is 9.61. The molecule has 1 spiro atoms. The molecule has 0 bridgehead atoms. The number of ether oxygens (including phenoxy) is 1. The summed E-state index contributed by atoms with van der Waals surface area (Å²) in [6.45, 7) is 2.63. The molecule has 4 atom stereocenters. The van der Waals surface area contributed by atoms with Gasteiger partial charge < -0.3 is 20.3 Å². The quantitative estimate of drug-likeness (QED) is 0.881. The Bertz CT molecular complexity index is 648. The highest BCUT2D eigenvalue weighted by Crippen LogP contribution is 2.62. The number of rotatable bonds is 3. The summed E-state index contributed by atoms with van der Waals surface area (Å²) in [6, 6.07) is 6.45. The van der Waals surface area contributed by atoms with Crippen molar-refractivity contribution in [1.82, 2.24) is 15.6 Å². The maximum Gasteiger partial charge on any atom is 0.315 e. The molecule has 2 saturated heterocycles. The summed E-state index contributed by atoms with van der Waals surface area (Å²) in [5.41, 5.74) is 0.244. The normalized spacial score (nSPS) is 35.0. The Morgan fingerprint density at radius 2 is 2.20 bits per heavy atom. The Hall–Kier alpha value is -1.82. The summed E-state index contributed by atoms with van der Waals surface area (Å²) in [7, 11) is 0. The molecule has 134 valence electrons. The SMILES string of the molecule is O=C(NC1CCN(c2ccccn2)C1)NC1C2CCOC2C12CCC2. The smallest absolute Gasteiger partial charge is 0.315 e. The molecule has 1 aromatic rings. The summed E-state index contributed by atoms with van der Waals surface area (Å²) in [6.07, 6.45) is 7.96. The number of urea groups is 1. The Morgan fingerprint density at radius 1 is 1.28 bits per heavy atom. The first kappa shape index (κ1) is 15.4. The lowest BCUT2D eigenvalue weighted by atomic mass is 9.46. The number of hydrogen-bond acceptors (Lipinski definition) is 4. The second kappa shape index (κ2) is 5.87. The molecule has 2 saturated carbocycles. The van der Waals surface area contributed by atoms with Crippen molar-refractivity contribution in [2.24, 2.45) is 11.3 Å². The fraction of sp³-hybridized carbons (Fsp3) is 0.684. The van der Waals surface area contributed by atoms with Crippen LogP contribution in [0.4, 0.5) is 10.6 Å². The molecule has 3 heterocycles. The summed E-state index contributed by atoms with van der Waals surface area (Å²) in [5.74, 6) is 1.52. The average molecular weight is 342 g/mol. The third-order valence-electron chi connectivity index (χ3n) is 6.82. The van der Waals surface area contributed by atoms with Gasteiger partial charge in [-0.2, -0.15) is 0 Å². The van der Waals surface area contributed by atoms with Crippen molar-refractivity contribution in [3.8, 4) is 0 Å². The highest BCUT2D eigenvalue weighted by atomic mass is 16.5. The van der Waals surface area contributed by atoms with Crippen molar-refractivity contribution in [2.45, 2.75) is 50.3 Å². The van der Waals surface area contributed by atoms with E-state index in [0.717, 1.165) is 38.4 Å². The molecular formula is C19H26N4O2. The van der Waals surface area contributed by atoms with E-state index >= 15 is 0 Å². The van der Waals surface area contributed by atoms with Gasteiger partial charge in [0, 0.05) is 49.3 Å². The Morgan fingerprint density at radius 3 is 2.96 bits per heavy atom. The molecule has 4 aliphatic rings. The topological polar surface area (TPSA) is 66.5 Å². The van der Waals surface area contributed by atoms with Gasteiger partial charge in [-0.15, -0.1) is 0 Å². The maximum absolute atomic E-state index is 12.6. The van der Waals surface area contributed by atoms with E-state index in [0.29, 0.717) is 18.1 Å². The molecule has 2 aliphatic heterocycles. The minimum absolute atomic E-state index is 0.00510. The third kappa shape index (κ3) is 2.41. The third-order valence-corrected chi connectivity index (χ3v) is 6.82. The van der Waals surface area contributed by atoms with Crippen LogP contribution in [-0.4, -0.2) is 48.9 Å². The first-order chi connectivity index (χ1) is 12.3. The number of fused-ring (bicyclic) bond motifs is 2. The van der Waals surface area contributed by atoms with Crippen LogP contribution >= 0.6 is 0 Å². The molecule has 0 radical (unpaired) electrons. The van der Waals surface area contributed by atoms with Crippen molar-refractivity contribution in [3.05, 3.63) is 24.4 Å². The largest absolute Gasteiger partial charge is 0.377 e. The van der Waals surface area contributed by atoms with E-state index in [1.54, 1.807) is 0 Å². The number of amides is 2. The first-order valence-corrected chi connectivity index (χ1v) is 9.61. The van der Waals surface area contributed by atoms with Crippen LogP contribution in [0.5, 0.6) is 0 Å². The van der Waals surface area contributed by atoms with Crippen molar-refractivity contribution >= 4 is 11.8 Å². The second-order valence-corrected chi connectivity index (χ2v) is 8.05. The summed E-state index contributed by atoms with van der Waals surface area (Å²) in [5, 5.41) is 6.48. The van der Waals surface area contributed by atoms with Gasteiger partial charge in [0.1, 0.15) is 5.82 Å². The van der Waals surface area contributed by atoms with Gasteiger partial charge in [-0.25, -0.2) is 9.78 Å². The minimum Gasteiger partial charge on any atom is -0.377 e. The zero-order valence-corrected chi connectivity index (χ0v) is 14.5. The van der Waals surface area contributed by atoms with Crippen molar-refractivity contribution in [3.63, 3.8) is 0 Å². The number of nitrogens with one attached hydrogen (secondary N) is 2. The number of pyridine rings is 1. The van der Waals surface area contributed by atoms with E-state index in [1.807, 2.05) is 24.4 Å².